The fourth-order valence-electron chi connectivity index (χ4n) is 0.775. The van der Waals surface area contributed by atoms with Crippen LogP contribution in [0.3, 0.4) is 0 Å². The van der Waals surface area contributed by atoms with Crippen LogP contribution in [0.5, 0.6) is 0 Å². The van der Waals surface area contributed by atoms with Crippen molar-refractivity contribution >= 4 is 6.08 Å². The number of allylic oxidation sites excluding steroid dienone is 2. The van der Waals surface area contributed by atoms with E-state index in [0.717, 1.165) is 16.8 Å². The summed E-state index contributed by atoms with van der Waals surface area (Å²) < 4.78 is 0. The molecule has 0 atom stereocenters. The van der Waals surface area contributed by atoms with Gasteiger partial charge in [-0.25, -0.2) is 0 Å². The van der Waals surface area contributed by atoms with E-state index in [-0.39, 0.29) is 65.6 Å². The van der Waals surface area contributed by atoms with Gasteiger partial charge in [-0.1, -0.05) is 38.7 Å². The van der Waals surface area contributed by atoms with E-state index in [0.29, 0.717) is 0 Å². The minimum absolute atomic E-state index is 0. The summed E-state index contributed by atoms with van der Waals surface area (Å²) in [6, 6.07) is 0. The third-order valence-corrected chi connectivity index (χ3v) is 1.53. The second-order valence-electron chi connectivity index (χ2n) is 2.48. The van der Waals surface area contributed by atoms with E-state index in [1.807, 2.05) is 26.0 Å². The summed E-state index contributed by atoms with van der Waals surface area (Å²) in [4.78, 5) is 0. The Balaban J connectivity index is 0. The topological polar surface area (TPSA) is 27.0 Å². The Morgan fingerprint density at radius 2 is 2.23 bits per heavy atom. The zero-order chi connectivity index (χ0) is 8.27. The molecule has 0 unspecified atom stereocenters. The summed E-state index contributed by atoms with van der Waals surface area (Å²) in [7, 11) is 0. The van der Waals surface area contributed by atoms with Gasteiger partial charge in [0, 0.05) is 6.20 Å². The van der Waals surface area contributed by atoms with Crippen molar-refractivity contribution in [2.24, 2.45) is 0 Å². The van der Waals surface area contributed by atoms with E-state index in [9.17, 15) is 0 Å². The molecule has 0 amide bonds. The van der Waals surface area contributed by atoms with Crippen LogP contribution in [0.4, 0.5) is 0 Å². The first-order valence-corrected chi connectivity index (χ1v) is 3.49. The van der Waals surface area contributed by atoms with Crippen LogP contribution in [-0.4, -0.2) is 5.10 Å². The zero-order valence-corrected chi connectivity index (χ0v) is 12.7. The number of rotatable bonds is 2. The Labute approximate surface area is 129 Å². The molecule has 2 nitrogen and oxygen atoms in total. The molecule has 1 rings (SSSR count). The maximum Gasteiger partial charge on any atom is 1.00 e. The van der Waals surface area contributed by atoms with Crippen LogP contribution >= 0.6 is 0 Å². The minimum atomic E-state index is 0. The fraction of sp³-hybridized carbons (Fsp3) is 0.300. The molecule has 1 heterocycles. The van der Waals surface area contributed by atoms with E-state index >= 15 is 0 Å². The number of nitrogens with zero attached hydrogens (tertiary/aromatic N) is 2. The van der Waals surface area contributed by atoms with Crippen molar-refractivity contribution in [2.75, 3.05) is 0 Å². The molecule has 0 saturated heterocycles. The van der Waals surface area contributed by atoms with Crippen LogP contribution in [0.15, 0.2) is 24.4 Å². The van der Waals surface area contributed by atoms with Crippen molar-refractivity contribution < 1.29 is 58.2 Å². The van der Waals surface area contributed by atoms with Gasteiger partial charge < -0.3 is 10.2 Å². The molecule has 0 saturated carbocycles. The van der Waals surface area contributed by atoms with Gasteiger partial charge in [0.15, 0.2) is 0 Å². The molecule has 0 bridgehead atoms. The minimum Gasteiger partial charge on any atom is -0.579 e. The molecule has 1 aromatic rings. The van der Waals surface area contributed by atoms with E-state index < -0.39 is 0 Å². The van der Waals surface area contributed by atoms with E-state index in [4.69, 9.17) is 0 Å². The standard InChI is InChI=1S/C9H11N2.CH4.Rb/c1-4-7(2)5-9-6-10-11-8(9)3;;/h4-6H,1H2,2-3H3;1H4;/q-1;;+1/b7-5-;;. The third kappa shape index (κ3) is 5.06. The maximum absolute atomic E-state index is 3.88. The number of aryl methyl sites for hydroxylation is 1. The first-order chi connectivity index (χ1) is 5.24. The molecule has 0 N–H and O–H groups in total. The van der Waals surface area contributed by atoms with Gasteiger partial charge in [-0.05, 0) is 12.5 Å². The average Bonchev–Trinajstić information content (AvgIpc) is 2.37. The van der Waals surface area contributed by atoms with Gasteiger partial charge in [-0.3, -0.25) is 0 Å². The smallest absolute Gasteiger partial charge is 0.579 e. The SMILES string of the molecule is C.C=C/C(C)=C\c1cn[n-]c1C.[Rb+]. The quantitative estimate of drug-likeness (QED) is 0.665. The summed E-state index contributed by atoms with van der Waals surface area (Å²) in [5.74, 6) is 0. The number of hydrogen-bond donors (Lipinski definition) is 0. The summed E-state index contributed by atoms with van der Waals surface area (Å²) in [6.45, 7) is 7.60. The van der Waals surface area contributed by atoms with Crippen molar-refractivity contribution in [3.8, 4) is 0 Å². The van der Waals surface area contributed by atoms with E-state index in [2.05, 4.69) is 16.8 Å². The van der Waals surface area contributed by atoms with Gasteiger partial charge in [0.2, 0.25) is 0 Å². The Hall–Kier alpha value is 0.495. The second-order valence-corrected chi connectivity index (χ2v) is 2.48. The number of aromatic nitrogens is 2. The Morgan fingerprint density at radius 1 is 1.62 bits per heavy atom. The summed E-state index contributed by atoms with van der Waals surface area (Å²) in [5.41, 5.74) is 3.16. The molecule has 0 aliphatic carbocycles. The van der Waals surface area contributed by atoms with Crippen LogP contribution in [0.1, 0.15) is 25.6 Å². The van der Waals surface area contributed by atoms with Gasteiger partial charge in [-0.2, -0.15) is 0 Å². The third-order valence-electron chi connectivity index (χ3n) is 1.53. The normalized spacial score (nSPS) is 9.85. The molecule has 0 spiro atoms. The summed E-state index contributed by atoms with van der Waals surface area (Å²) >= 11 is 0. The first kappa shape index (κ1) is 15.9. The van der Waals surface area contributed by atoms with Crippen LogP contribution < -0.4 is 63.3 Å². The molecule has 0 aliphatic heterocycles. The largest absolute Gasteiger partial charge is 1.00 e. The van der Waals surface area contributed by atoms with E-state index in [1.165, 1.54) is 0 Å². The van der Waals surface area contributed by atoms with Crippen LogP contribution in [0, 0.1) is 6.92 Å². The van der Waals surface area contributed by atoms with Crippen molar-refractivity contribution in [3.05, 3.63) is 35.7 Å². The van der Waals surface area contributed by atoms with Crippen LogP contribution in [-0.2, 0) is 0 Å². The van der Waals surface area contributed by atoms with Crippen molar-refractivity contribution in [1.82, 2.24) is 10.2 Å². The number of hydrogen-bond acceptors (Lipinski definition) is 1. The fourth-order valence-corrected chi connectivity index (χ4v) is 0.775. The Morgan fingerprint density at radius 3 is 2.62 bits per heavy atom. The Kier molecular flexibility index (Phi) is 9.64. The summed E-state index contributed by atoms with van der Waals surface area (Å²) in [6.07, 6.45) is 5.58. The molecule has 0 aliphatic rings. The maximum atomic E-state index is 3.88. The van der Waals surface area contributed by atoms with Gasteiger partial charge in [0.1, 0.15) is 0 Å². The predicted octanol–water partition coefficient (Wildman–Crippen LogP) is -0.423. The molecular weight excluding hydrogens is 234 g/mol. The van der Waals surface area contributed by atoms with Crippen LogP contribution in [0.25, 0.3) is 6.08 Å². The zero-order valence-electron chi connectivity index (χ0n) is 7.83. The van der Waals surface area contributed by atoms with Crippen LogP contribution in [0.2, 0.25) is 0 Å². The predicted molar refractivity (Wildman–Crippen MR) is 52.9 cm³/mol. The van der Waals surface area contributed by atoms with Crippen molar-refractivity contribution in [1.29, 1.82) is 0 Å². The second kappa shape index (κ2) is 7.86. The van der Waals surface area contributed by atoms with Gasteiger partial charge in [-0.15, -0.1) is 5.69 Å². The summed E-state index contributed by atoms with van der Waals surface area (Å²) in [5, 5.41) is 7.66. The Bertz CT molecular complexity index is 287. The monoisotopic (exact) mass is 248 g/mol. The van der Waals surface area contributed by atoms with Crippen molar-refractivity contribution in [2.45, 2.75) is 21.3 Å². The molecular formula is C10H15N2Rb. The van der Waals surface area contributed by atoms with Gasteiger partial charge in [0.05, 0.1) is 0 Å². The average molecular weight is 249 g/mol. The van der Waals surface area contributed by atoms with Crippen molar-refractivity contribution in [3.63, 3.8) is 0 Å². The molecule has 3 heteroatoms. The molecule has 13 heavy (non-hydrogen) atoms. The molecule has 0 radical (unpaired) electrons. The molecule has 66 valence electrons. The first-order valence-electron chi connectivity index (χ1n) is 3.49. The molecule has 1 aromatic heterocycles. The molecule has 0 fully saturated rings. The van der Waals surface area contributed by atoms with Gasteiger partial charge >= 0.3 is 58.2 Å². The molecule has 0 aromatic carbocycles. The van der Waals surface area contributed by atoms with Gasteiger partial charge in [0.25, 0.3) is 0 Å². The van der Waals surface area contributed by atoms with E-state index in [1.54, 1.807) is 6.20 Å².